The summed E-state index contributed by atoms with van der Waals surface area (Å²) in [5, 5.41) is 3.53. The summed E-state index contributed by atoms with van der Waals surface area (Å²) in [6.45, 7) is 0.731. The van der Waals surface area contributed by atoms with E-state index in [-0.39, 0.29) is 10.8 Å². The summed E-state index contributed by atoms with van der Waals surface area (Å²) >= 11 is 3.11. The fraction of sp³-hybridized carbons (Fsp3) is 0.235. The van der Waals surface area contributed by atoms with Crippen LogP contribution in [0.1, 0.15) is 16.4 Å². The Morgan fingerprint density at radius 2 is 2.09 bits per heavy atom. The van der Waals surface area contributed by atoms with Crippen molar-refractivity contribution in [2.45, 2.75) is 10.9 Å². The van der Waals surface area contributed by atoms with Crippen LogP contribution in [-0.4, -0.2) is 17.3 Å². The van der Waals surface area contributed by atoms with Gasteiger partial charge in [0.2, 0.25) is 0 Å². The number of thiazole rings is 1. The molecule has 2 aliphatic rings. The Labute approximate surface area is 135 Å². The first-order valence-electron chi connectivity index (χ1n) is 7.31. The Morgan fingerprint density at radius 1 is 1.18 bits per heavy atom. The zero-order chi connectivity index (χ0) is 14.7. The highest BCUT2D eigenvalue weighted by atomic mass is 32.2. The zero-order valence-electron chi connectivity index (χ0n) is 11.7. The Bertz CT molecular complexity index is 943. The van der Waals surface area contributed by atoms with Gasteiger partial charge in [0.1, 0.15) is 5.75 Å². The van der Waals surface area contributed by atoms with Crippen molar-refractivity contribution >= 4 is 33.9 Å². The fourth-order valence-electron chi connectivity index (χ4n) is 3.57. The molecule has 0 fully saturated rings. The van der Waals surface area contributed by atoms with Gasteiger partial charge < -0.3 is 9.72 Å². The summed E-state index contributed by atoms with van der Waals surface area (Å²) in [5.74, 6) is 2.67. The number of nitrogens with one attached hydrogen (secondary N) is 1. The third-order valence-corrected chi connectivity index (χ3v) is 6.83. The van der Waals surface area contributed by atoms with Crippen LogP contribution in [0.25, 0.3) is 10.8 Å². The van der Waals surface area contributed by atoms with Crippen molar-refractivity contribution in [1.29, 1.82) is 0 Å². The van der Waals surface area contributed by atoms with E-state index in [0.717, 1.165) is 23.1 Å². The predicted molar refractivity (Wildman–Crippen MR) is 90.4 cm³/mol. The summed E-state index contributed by atoms with van der Waals surface area (Å²) in [6, 6.07) is 12.6. The molecule has 22 heavy (non-hydrogen) atoms. The van der Waals surface area contributed by atoms with Crippen LogP contribution in [-0.2, 0) is 0 Å². The maximum Gasteiger partial charge on any atom is 0.305 e. The van der Waals surface area contributed by atoms with E-state index in [1.807, 2.05) is 0 Å². The van der Waals surface area contributed by atoms with Gasteiger partial charge >= 0.3 is 4.87 Å². The van der Waals surface area contributed by atoms with Gasteiger partial charge in [0.05, 0.1) is 11.6 Å². The molecule has 2 atom stereocenters. The van der Waals surface area contributed by atoms with E-state index >= 15 is 0 Å². The summed E-state index contributed by atoms with van der Waals surface area (Å²) < 4.78 is 6.03. The number of thioether (sulfide) groups is 1. The van der Waals surface area contributed by atoms with E-state index in [9.17, 15) is 4.79 Å². The number of benzene rings is 2. The molecule has 0 spiro atoms. The van der Waals surface area contributed by atoms with Crippen molar-refractivity contribution < 1.29 is 4.74 Å². The SMILES string of the molecule is O=c1[nH]c2c(s1)[C@@H]1c3c(ccc4ccccc34)OC[C@H]1CS2. The molecule has 5 heteroatoms. The second kappa shape index (κ2) is 4.64. The molecule has 1 N–H and O–H groups in total. The van der Waals surface area contributed by atoms with Crippen LogP contribution in [0.3, 0.4) is 0 Å². The lowest BCUT2D eigenvalue weighted by molar-refractivity contribution is 0.220. The Morgan fingerprint density at radius 3 is 3.05 bits per heavy atom. The number of aromatic nitrogens is 1. The van der Waals surface area contributed by atoms with Gasteiger partial charge in [-0.1, -0.05) is 41.7 Å². The van der Waals surface area contributed by atoms with Crippen molar-refractivity contribution in [2.75, 3.05) is 12.4 Å². The highest BCUT2D eigenvalue weighted by molar-refractivity contribution is 7.99. The molecule has 2 aliphatic heterocycles. The second-order valence-corrected chi connectivity index (χ2v) is 7.81. The minimum atomic E-state index is 0.0476. The van der Waals surface area contributed by atoms with Crippen molar-refractivity contribution in [3.63, 3.8) is 0 Å². The van der Waals surface area contributed by atoms with Crippen LogP contribution < -0.4 is 9.61 Å². The zero-order valence-corrected chi connectivity index (χ0v) is 13.3. The molecular formula is C17H13NO2S2. The average Bonchev–Trinajstić information content (AvgIpc) is 2.94. The van der Waals surface area contributed by atoms with Crippen molar-refractivity contribution in [1.82, 2.24) is 4.98 Å². The van der Waals surface area contributed by atoms with Gasteiger partial charge in [0.15, 0.2) is 0 Å². The lowest BCUT2D eigenvalue weighted by Crippen LogP contribution is -2.30. The number of H-pyrrole nitrogens is 1. The molecule has 0 saturated carbocycles. The van der Waals surface area contributed by atoms with Crippen LogP contribution in [0.15, 0.2) is 46.2 Å². The smallest absolute Gasteiger partial charge is 0.305 e. The normalized spacial score (nSPS) is 22.5. The minimum Gasteiger partial charge on any atom is -0.493 e. The Balaban J connectivity index is 1.84. The monoisotopic (exact) mass is 327 g/mol. The number of ether oxygens (including phenoxy) is 1. The number of rotatable bonds is 0. The van der Waals surface area contributed by atoms with Gasteiger partial charge in [-0.15, -0.1) is 11.8 Å². The molecule has 5 rings (SSSR count). The largest absolute Gasteiger partial charge is 0.493 e. The molecule has 0 aliphatic carbocycles. The molecule has 2 aromatic carbocycles. The van der Waals surface area contributed by atoms with E-state index in [0.29, 0.717) is 5.92 Å². The molecule has 3 aromatic rings. The van der Waals surface area contributed by atoms with Crippen LogP contribution in [0.4, 0.5) is 0 Å². The number of hydrogen-bond acceptors (Lipinski definition) is 4. The van der Waals surface area contributed by atoms with Gasteiger partial charge in [-0.25, -0.2) is 0 Å². The first-order chi connectivity index (χ1) is 10.8. The van der Waals surface area contributed by atoms with Crippen molar-refractivity contribution in [2.24, 2.45) is 5.92 Å². The molecule has 110 valence electrons. The summed E-state index contributed by atoms with van der Waals surface area (Å²) in [6.07, 6.45) is 0. The van der Waals surface area contributed by atoms with E-state index < -0.39 is 0 Å². The third kappa shape index (κ3) is 1.72. The Hall–Kier alpha value is -1.72. The molecule has 0 amide bonds. The summed E-state index contributed by atoms with van der Waals surface area (Å²) in [7, 11) is 0. The molecular weight excluding hydrogens is 314 g/mol. The molecule has 3 heterocycles. The topological polar surface area (TPSA) is 42.1 Å². The van der Waals surface area contributed by atoms with Crippen molar-refractivity contribution in [3.8, 4) is 5.75 Å². The molecule has 1 aromatic heterocycles. The number of fused-ring (bicyclic) bond motifs is 7. The lowest BCUT2D eigenvalue weighted by atomic mass is 9.81. The summed E-state index contributed by atoms with van der Waals surface area (Å²) in [4.78, 5) is 16.1. The fourth-order valence-corrected chi connectivity index (χ4v) is 5.97. The van der Waals surface area contributed by atoms with Gasteiger partial charge in [0, 0.05) is 28.0 Å². The van der Waals surface area contributed by atoms with E-state index in [2.05, 4.69) is 41.4 Å². The Kier molecular flexibility index (Phi) is 2.69. The number of hydrogen-bond donors (Lipinski definition) is 1. The maximum absolute atomic E-state index is 11.8. The quantitative estimate of drug-likeness (QED) is 0.682. The standard InChI is InChI=1S/C17H13NO2S2/c19-17-18-16-15(22-17)13-10(8-21-16)7-20-12-6-5-9-3-1-2-4-11(9)14(12)13/h1-6,10,13H,7-8H2,(H,18,19)/t10-,13-/m0/s1. The van der Waals surface area contributed by atoms with Crippen LogP contribution in [0.5, 0.6) is 5.75 Å². The van der Waals surface area contributed by atoms with E-state index in [4.69, 9.17) is 4.74 Å². The molecule has 0 radical (unpaired) electrons. The van der Waals surface area contributed by atoms with Gasteiger partial charge in [-0.05, 0) is 16.8 Å². The maximum atomic E-state index is 11.8. The van der Waals surface area contributed by atoms with Crippen LogP contribution >= 0.6 is 23.1 Å². The minimum absolute atomic E-state index is 0.0476. The van der Waals surface area contributed by atoms with E-state index in [1.165, 1.54) is 32.5 Å². The second-order valence-electron chi connectivity index (χ2n) is 5.77. The molecule has 0 saturated heterocycles. The lowest BCUT2D eigenvalue weighted by Gasteiger charge is -2.36. The highest BCUT2D eigenvalue weighted by Gasteiger charge is 2.39. The van der Waals surface area contributed by atoms with Gasteiger partial charge in [-0.2, -0.15) is 0 Å². The number of aromatic amines is 1. The van der Waals surface area contributed by atoms with Gasteiger partial charge in [0.25, 0.3) is 0 Å². The van der Waals surface area contributed by atoms with E-state index in [1.54, 1.807) is 11.8 Å². The van der Waals surface area contributed by atoms with Gasteiger partial charge in [-0.3, -0.25) is 4.79 Å². The first kappa shape index (κ1) is 12.8. The molecule has 0 unspecified atom stereocenters. The average molecular weight is 327 g/mol. The molecule has 0 bridgehead atoms. The predicted octanol–water partition coefficient (Wildman–Crippen LogP) is 3.84. The first-order valence-corrected chi connectivity index (χ1v) is 9.12. The summed E-state index contributed by atoms with van der Waals surface area (Å²) in [5.41, 5.74) is 1.26. The van der Waals surface area contributed by atoms with Crippen LogP contribution in [0.2, 0.25) is 0 Å². The third-order valence-electron chi connectivity index (χ3n) is 4.53. The highest BCUT2D eigenvalue weighted by Crippen LogP contribution is 2.51. The van der Waals surface area contributed by atoms with Crippen molar-refractivity contribution in [3.05, 3.63) is 56.5 Å². The van der Waals surface area contributed by atoms with Crippen LogP contribution in [0, 0.1) is 5.92 Å². The molecule has 3 nitrogen and oxygen atoms in total.